The molecular weight excluding hydrogens is 340 g/mol. The van der Waals surface area contributed by atoms with Crippen molar-refractivity contribution in [2.45, 2.75) is 38.6 Å². The van der Waals surface area contributed by atoms with Crippen molar-refractivity contribution >= 4 is 11.9 Å². The highest BCUT2D eigenvalue weighted by molar-refractivity contribution is 5.81. The number of pyridine rings is 1. The van der Waals surface area contributed by atoms with Gasteiger partial charge in [0.25, 0.3) is 0 Å². The number of aromatic nitrogens is 1. The lowest BCUT2D eigenvalue weighted by atomic mass is 10.2. The zero-order valence-corrected chi connectivity index (χ0v) is 16.9. The minimum absolute atomic E-state index is 0.0497. The Morgan fingerprint density at radius 1 is 1.37 bits per heavy atom. The predicted octanol–water partition coefficient (Wildman–Crippen LogP) is 1.12. The second kappa shape index (κ2) is 11.5. The second-order valence-electron chi connectivity index (χ2n) is 7.04. The lowest BCUT2D eigenvalue weighted by Crippen LogP contribution is -2.43. The van der Waals surface area contributed by atoms with E-state index < -0.39 is 0 Å². The van der Waals surface area contributed by atoms with Gasteiger partial charge in [0.15, 0.2) is 5.96 Å². The summed E-state index contributed by atoms with van der Waals surface area (Å²) in [5.74, 6) is 1.07. The Morgan fingerprint density at radius 3 is 2.93 bits per heavy atom. The Labute approximate surface area is 163 Å². The number of hydrogen-bond donors (Lipinski definition) is 2. The van der Waals surface area contributed by atoms with E-state index in [1.807, 2.05) is 38.5 Å². The summed E-state index contributed by atoms with van der Waals surface area (Å²) in [5.41, 5.74) is 1.08. The third-order valence-corrected chi connectivity index (χ3v) is 4.71. The molecule has 150 valence electrons. The monoisotopic (exact) mass is 374 g/mol. The maximum Gasteiger partial charge on any atom is 0.239 e. The average Bonchev–Trinajstić information content (AvgIpc) is 3.13. The lowest BCUT2D eigenvalue weighted by Gasteiger charge is -2.25. The summed E-state index contributed by atoms with van der Waals surface area (Å²) in [6.07, 6.45) is 5.71. The zero-order valence-electron chi connectivity index (χ0n) is 16.9. The Balaban J connectivity index is 1.73. The first-order valence-corrected chi connectivity index (χ1v) is 9.99. The van der Waals surface area contributed by atoms with Gasteiger partial charge in [-0.15, -0.1) is 0 Å². The van der Waals surface area contributed by atoms with E-state index in [-0.39, 0.29) is 11.9 Å². The van der Waals surface area contributed by atoms with Gasteiger partial charge >= 0.3 is 0 Å². The molecule has 0 bridgehead atoms. The van der Waals surface area contributed by atoms with E-state index >= 15 is 0 Å². The van der Waals surface area contributed by atoms with Gasteiger partial charge in [-0.1, -0.05) is 6.07 Å². The molecule has 7 heteroatoms. The molecule has 1 aliphatic heterocycles. The maximum atomic E-state index is 12.2. The van der Waals surface area contributed by atoms with Crippen molar-refractivity contribution in [2.75, 3.05) is 46.8 Å². The largest absolute Gasteiger partial charge is 0.357 e. The van der Waals surface area contributed by atoms with Gasteiger partial charge in [0, 0.05) is 58.6 Å². The first-order chi connectivity index (χ1) is 13.1. The molecule has 1 amide bonds. The van der Waals surface area contributed by atoms with Gasteiger partial charge in [0.2, 0.25) is 5.91 Å². The van der Waals surface area contributed by atoms with Gasteiger partial charge in [0.1, 0.15) is 0 Å². The molecule has 1 atom stereocenters. The average molecular weight is 375 g/mol. The molecule has 2 N–H and O–H groups in total. The maximum absolute atomic E-state index is 12.2. The molecule has 0 radical (unpaired) electrons. The number of guanidine groups is 1. The molecule has 2 rings (SSSR count). The lowest BCUT2D eigenvalue weighted by molar-refractivity contribution is -0.133. The van der Waals surface area contributed by atoms with Crippen molar-refractivity contribution < 1.29 is 4.79 Å². The SMILES string of the molecule is CCNC(=NCCCN1CCCC1C(=O)N(C)C)NCCc1ccccn1. The summed E-state index contributed by atoms with van der Waals surface area (Å²) in [6.45, 7) is 6.38. The molecule has 2 heterocycles. The molecular formula is C20H34N6O. The third-order valence-electron chi connectivity index (χ3n) is 4.71. The van der Waals surface area contributed by atoms with Gasteiger partial charge in [-0.25, -0.2) is 0 Å². The number of nitrogens with one attached hydrogen (secondary N) is 2. The Bertz CT molecular complexity index is 589. The standard InChI is InChI=1S/C20H34N6O/c1-4-21-20(24-14-11-17-9-5-6-12-22-17)23-13-8-16-26-15-7-10-18(26)19(27)25(2)3/h5-6,9,12,18H,4,7-8,10-11,13-16H2,1-3H3,(H2,21,23,24). The van der Waals surface area contributed by atoms with Crippen molar-refractivity contribution in [3.63, 3.8) is 0 Å². The van der Waals surface area contributed by atoms with Crippen molar-refractivity contribution in [3.8, 4) is 0 Å². The van der Waals surface area contributed by atoms with Gasteiger partial charge in [-0.05, 0) is 44.9 Å². The van der Waals surface area contributed by atoms with Crippen LogP contribution >= 0.6 is 0 Å². The Kier molecular flexibility index (Phi) is 9.04. The molecule has 1 aromatic heterocycles. The predicted molar refractivity (Wildman–Crippen MR) is 110 cm³/mol. The quantitative estimate of drug-likeness (QED) is 0.385. The summed E-state index contributed by atoms with van der Waals surface area (Å²) >= 11 is 0. The molecule has 1 unspecified atom stereocenters. The zero-order chi connectivity index (χ0) is 19.5. The van der Waals surface area contributed by atoms with Gasteiger partial charge in [-0.2, -0.15) is 0 Å². The number of carbonyl (C=O) groups excluding carboxylic acids is 1. The summed E-state index contributed by atoms with van der Waals surface area (Å²) < 4.78 is 0. The first kappa shape index (κ1) is 21.2. The van der Waals surface area contributed by atoms with E-state index in [1.54, 1.807) is 4.90 Å². The van der Waals surface area contributed by atoms with E-state index in [4.69, 9.17) is 0 Å². The Morgan fingerprint density at radius 2 is 2.22 bits per heavy atom. The van der Waals surface area contributed by atoms with Crippen LogP contribution in [-0.4, -0.2) is 79.5 Å². The molecule has 27 heavy (non-hydrogen) atoms. The highest BCUT2D eigenvalue weighted by atomic mass is 16.2. The number of rotatable bonds is 9. The number of likely N-dealkylation sites (tertiary alicyclic amines) is 1. The topological polar surface area (TPSA) is 72.9 Å². The van der Waals surface area contributed by atoms with E-state index in [2.05, 4.69) is 32.4 Å². The van der Waals surface area contributed by atoms with E-state index in [0.29, 0.717) is 0 Å². The number of carbonyl (C=O) groups is 1. The van der Waals surface area contributed by atoms with E-state index in [9.17, 15) is 4.79 Å². The summed E-state index contributed by atoms with van der Waals surface area (Å²) in [7, 11) is 3.67. The molecule has 1 fully saturated rings. The molecule has 0 aliphatic carbocycles. The molecule has 0 saturated carbocycles. The van der Waals surface area contributed by atoms with Crippen LogP contribution in [0, 0.1) is 0 Å². The molecule has 7 nitrogen and oxygen atoms in total. The number of amides is 1. The minimum Gasteiger partial charge on any atom is -0.357 e. The number of likely N-dealkylation sites (N-methyl/N-ethyl adjacent to an activating group) is 1. The highest BCUT2D eigenvalue weighted by Crippen LogP contribution is 2.18. The van der Waals surface area contributed by atoms with Crippen LogP contribution in [0.1, 0.15) is 31.9 Å². The number of aliphatic imine (C=N–C) groups is 1. The van der Waals surface area contributed by atoms with Crippen LogP contribution < -0.4 is 10.6 Å². The van der Waals surface area contributed by atoms with Crippen LogP contribution in [-0.2, 0) is 11.2 Å². The fourth-order valence-electron chi connectivity index (χ4n) is 3.33. The molecule has 1 aliphatic rings. The van der Waals surface area contributed by atoms with Crippen LogP contribution in [0.5, 0.6) is 0 Å². The van der Waals surface area contributed by atoms with Crippen molar-refractivity contribution in [2.24, 2.45) is 4.99 Å². The second-order valence-corrected chi connectivity index (χ2v) is 7.04. The normalized spacial score (nSPS) is 17.7. The first-order valence-electron chi connectivity index (χ1n) is 9.99. The molecule has 1 aromatic rings. The minimum atomic E-state index is 0.0497. The summed E-state index contributed by atoms with van der Waals surface area (Å²) in [4.78, 5) is 25.3. The summed E-state index contributed by atoms with van der Waals surface area (Å²) in [5, 5.41) is 6.65. The third kappa shape index (κ3) is 7.17. The molecule has 1 saturated heterocycles. The van der Waals surface area contributed by atoms with Crippen LogP contribution in [0.15, 0.2) is 29.4 Å². The molecule has 0 aromatic carbocycles. The van der Waals surface area contributed by atoms with E-state index in [0.717, 1.165) is 70.1 Å². The molecule has 0 spiro atoms. The van der Waals surface area contributed by atoms with Crippen LogP contribution in [0.2, 0.25) is 0 Å². The van der Waals surface area contributed by atoms with Gasteiger partial charge in [-0.3, -0.25) is 19.7 Å². The van der Waals surface area contributed by atoms with Gasteiger partial charge in [0.05, 0.1) is 6.04 Å². The fraction of sp³-hybridized carbons (Fsp3) is 0.650. The van der Waals surface area contributed by atoms with Crippen molar-refractivity contribution in [3.05, 3.63) is 30.1 Å². The van der Waals surface area contributed by atoms with Crippen LogP contribution in [0.3, 0.4) is 0 Å². The number of nitrogens with zero attached hydrogens (tertiary/aromatic N) is 4. The Hall–Kier alpha value is -2.15. The van der Waals surface area contributed by atoms with E-state index in [1.165, 1.54) is 0 Å². The fourth-order valence-corrected chi connectivity index (χ4v) is 3.33. The van der Waals surface area contributed by atoms with Crippen molar-refractivity contribution in [1.82, 2.24) is 25.4 Å². The van der Waals surface area contributed by atoms with Crippen LogP contribution in [0.4, 0.5) is 0 Å². The smallest absolute Gasteiger partial charge is 0.239 e. The van der Waals surface area contributed by atoms with Crippen LogP contribution in [0.25, 0.3) is 0 Å². The van der Waals surface area contributed by atoms with Gasteiger partial charge < -0.3 is 15.5 Å². The van der Waals surface area contributed by atoms with Crippen molar-refractivity contribution in [1.29, 1.82) is 0 Å². The highest BCUT2D eigenvalue weighted by Gasteiger charge is 2.30. The number of hydrogen-bond acceptors (Lipinski definition) is 4. The summed E-state index contributed by atoms with van der Waals surface area (Å²) in [6, 6.07) is 6.02.